The molecule has 192 valence electrons. The Labute approximate surface area is 199 Å². The fourth-order valence-corrected chi connectivity index (χ4v) is 3.70. The SMILES string of the molecule is NCCCCCCC(=O)Nc1cccc2c1CN(C1CCC(=O)NC1=O)C2=O.O=C(O)C(F)(F)F. The first kappa shape index (κ1) is 27.8. The standard InChI is InChI=1S/C20H26N4O4.C2HF3O2/c21-11-4-2-1-3-8-17(25)22-15-7-5-6-13-14(15)12-24(20(13)28)16-9-10-18(26)23-19(16)27;3-2(4,5)1(6)7/h5-7,16H,1-4,8-12,21H2,(H,22,25)(H,23,26,27);(H,6,7). The average molecular weight is 500 g/mol. The summed E-state index contributed by atoms with van der Waals surface area (Å²) in [7, 11) is 0. The average Bonchev–Trinajstić information content (AvgIpc) is 3.11. The van der Waals surface area contributed by atoms with Crippen molar-refractivity contribution in [3.05, 3.63) is 29.3 Å². The molecule has 4 amide bonds. The van der Waals surface area contributed by atoms with Crippen LogP contribution in [0.4, 0.5) is 18.9 Å². The van der Waals surface area contributed by atoms with Crippen molar-refractivity contribution in [3.8, 4) is 0 Å². The van der Waals surface area contributed by atoms with Gasteiger partial charge in [-0.25, -0.2) is 4.79 Å². The molecule has 1 atom stereocenters. The van der Waals surface area contributed by atoms with Crippen molar-refractivity contribution < 1.29 is 42.3 Å². The highest BCUT2D eigenvalue weighted by molar-refractivity contribution is 6.06. The van der Waals surface area contributed by atoms with Crippen LogP contribution in [0.5, 0.6) is 0 Å². The van der Waals surface area contributed by atoms with E-state index in [0.29, 0.717) is 36.2 Å². The number of imide groups is 1. The topological polar surface area (TPSA) is 159 Å². The second kappa shape index (κ2) is 12.3. The van der Waals surface area contributed by atoms with E-state index in [-0.39, 0.29) is 30.7 Å². The predicted octanol–water partition coefficient (Wildman–Crippen LogP) is 1.93. The lowest BCUT2D eigenvalue weighted by Gasteiger charge is -2.29. The molecule has 35 heavy (non-hydrogen) atoms. The third-order valence-corrected chi connectivity index (χ3v) is 5.46. The molecule has 1 saturated heterocycles. The molecule has 2 aliphatic rings. The van der Waals surface area contributed by atoms with Gasteiger partial charge in [0.15, 0.2) is 0 Å². The van der Waals surface area contributed by atoms with Crippen LogP contribution in [0.15, 0.2) is 18.2 Å². The van der Waals surface area contributed by atoms with Crippen LogP contribution in [0.2, 0.25) is 0 Å². The summed E-state index contributed by atoms with van der Waals surface area (Å²) >= 11 is 0. The fraction of sp³-hybridized carbons (Fsp3) is 0.500. The molecule has 1 aromatic rings. The largest absolute Gasteiger partial charge is 0.490 e. The number of nitrogens with two attached hydrogens (primary N) is 1. The van der Waals surface area contributed by atoms with E-state index in [9.17, 15) is 32.3 Å². The van der Waals surface area contributed by atoms with E-state index in [2.05, 4.69) is 10.6 Å². The Morgan fingerprint density at radius 3 is 2.40 bits per heavy atom. The molecule has 0 bridgehead atoms. The number of alkyl halides is 3. The van der Waals surface area contributed by atoms with Crippen LogP contribution < -0.4 is 16.4 Å². The maximum atomic E-state index is 12.8. The molecular weight excluding hydrogens is 473 g/mol. The minimum atomic E-state index is -5.08. The second-order valence-electron chi connectivity index (χ2n) is 8.04. The summed E-state index contributed by atoms with van der Waals surface area (Å²) in [6, 6.07) is 4.53. The van der Waals surface area contributed by atoms with Crippen LogP contribution in [0, 0.1) is 0 Å². The van der Waals surface area contributed by atoms with Gasteiger partial charge in [0.25, 0.3) is 5.91 Å². The first-order chi connectivity index (χ1) is 16.5. The van der Waals surface area contributed by atoms with Gasteiger partial charge in [-0.1, -0.05) is 18.9 Å². The zero-order chi connectivity index (χ0) is 26.2. The number of rotatable bonds is 8. The Morgan fingerprint density at radius 1 is 1.14 bits per heavy atom. The number of hydrogen-bond donors (Lipinski definition) is 4. The van der Waals surface area contributed by atoms with Gasteiger partial charge in [0, 0.05) is 36.2 Å². The Kier molecular flexibility index (Phi) is 9.75. The fourth-order valence-electron chi connectivity index (χ4n) is 3.70. The summed E-state index contributed by atoms with van der Waals surface area (Å²) in [5, 5.41) is 12.3. The minimum absolute atomic E-state index is 0.0898. The van der Waals surface area contributed by atoms with E-state index in [4.69, 9.17) is 15.6 Å². The van der Waals surface area contributed by atoms with Crippen LogP contribution in [0.1, 0.15) is 60.9 Å². The summed E-state index contributed by atoms with van der Waals surface area (Å²) in [6.07, 6.45) is -0.411. The van der Waals surface area contributed by atoms with Crippen molar-refractivity contribution in [2.24, 2.45) is 5.73 Å². The third kappa shape index (κ3) is 7.77. The van der Waals surface area contributed by atoms with Gasteiger partial charge in [0.2, 0.25) is 17.7 Å². The van der Waals surface area contributed by atoms with E-state index >= 15 is 0 Å². The molecule has 1 fully saturated rings. The molecule has 3 rings (SSSR count). The number of nitrogens with zero attached hydrogens (tertiary/aromatic N) is 1. The van der Waals surface area contributed by atoms with Gasteiger partial charge in [-0.3, -0.25) is 24.5 Å². The molecule has 0 aliphatic carbocycles. The lowest BCUT2D eigenvalue weighted by atomic mass is 10.0. The zero-order valence-corrected chi connectivity index (χ0v) is 18.8. The quantitative estimate of drug-likeness (QED) is 0.313. The van der Waals surface area contributed by atoms with Crippen molar-refractivity contribution in [1.82, 2.24) is 10.2 Å². The number of benzene rings is 1. The number of carboxylic acid groups (broad SMARTS) is 1. The molecule has 0 saturated carbocycles. The Balaban J connectivity index is 0.000000540. The van der Waals surface area contributed by atoms with Gasteiger partial charge in [0.1, 0.15) is 6.04 Å². The van der Waals surface area contributed by atoms with Crippen molar-refractivity contribution in [2.45, 2.75) is 63.7 Å². The highest BCUT2D eigenvalue weighted by Crippen LogP contribution is 2.32. The number of carboxylic acids is 1. The lowest BCUT2D eigenvalue weighted by molar-refractivity contribution is -0.192. The third-order valence-electron chi connectivity index (χ3n) is 5.46. The van der Waals surface area contributed by atoms with Gasteiger partial charge < -0.3 is 21.1 Å². The van der Waals surface area contributed by atoms with Crippen molar-refractivity contribution in [2.75, 3.05) is 11.9 Å². The number of carbonyl (C=O) groups excluding carboxylic acids is 4. The molecule has 1 aromatic carbocycles. The predicted molar refractivity (Wildman–Crippen MR) is 117 cm³/mol. The summed E-state index contributed by atoms with van der Waals surface area (Å²) in [5.74, 6) is -3.85. The van der Waals surface area contributed by atoms with Gasteiger partial charge >= 0.3 is 12.1 Å². The molecule has 5 N–H and O–H groups in total. The van der Waals surface area contributed by atoms with Crippen molar-refractivity contribution in [3.63, 3.8) is 0 Å². The van der Waals surface area contributed by atoms with Gasteiger partial charge in [-0.2, -0.15) is 13.2 Å². The molecule has 0 spiro atoms. The number of halogens is 3. The lowest BCUT2D eigenvalue weighted by Crippen LogP contribution is -2.52. The van der Waals surface area contributed by atoms with Crippen LogP contribution >= 0.6 is 0 Å². The Morgan fingerprint density at radius 2 is 1.80 bits per heavy atom. The van der Waals surface area contributed by atoms with E-state index < -0.39 is 24.1 Å². The molecular formula is C22H27F3N4O6. The van der Waals surface area contributed by atoms with Gasteiger partial charge in [-0.15, -0.1) is 0 Å². The highest BCUT2D eigenvalue weighted by Gasteiger charge is 2.40. The van der Waals surface area contributed by atoms with E-state index in [1.165, 1.54) is 4.90 Å². The summed E-state index contributed by atoms with van der Waals surface area (Å²) in [4.78, 5) is 58.9. The van der Waals surface area contributed by atoms with Crippen LogP contribution in [0.3, 0.4) is 0 Å². The van der Waals surface area contributed by atoms with Crippen LogP contribution in [0.25, 0.3) is 0 Å². The number of amides is 4. The van der Waals surface area contributed by atoms with Crippen molar-refractivity contribution >= 4 is 35.3 Å². The number of aliphatic carboxylic acids is 1. The number of unbranched alkanes of at least 4 members (excludes halogenated alkanes) is 3. The monoisotopic (exact) mass is 500 g/mol. The molecule has 10 nitrogen and oxygen atoms in total. The first-order valence-electron chi connectivity index (χ1n) is 11.0. The zero-order valence-electron chi connectivity index (χ0n) is 18.8. The smallest absolute Gasteiger partial charge is 0.475 e. The van der Waals surface area contributed by atoms with E-state index in [0.717, 1.165) is 25.7 Å². The molecule has 13 heteroatoms. The molecule has 1 unspecified atom stereocenters. The van der Waals surface area contributed by atoms with Gasteiger partial charge in [-0.05, 0) is 37.9 Å². The maximum absolute atomic E-state index is 12.8. The number of fused-ring (bicyclic) bond motifs is 1. The minimum Gasteiger partial charge on any atom is -0.475 e. The van der Waals surface area contributed by atoms with Crippen LogP contribution in [-0.2, 0) is 25.7 Å². The molecule has 0 radical (unpaired) electrons. The van der Waals surface area contributed by atoms with E-state index in [1.807, 2.05) is 0 Å². The normalized spacial score (nSPS) is 17.3. The summed E-state index contributed by atoms with van der Waals surface area (Å²) < 4.78 is 31.7. The van der Waals surface area contributed by atoms with Gasteiger partial charge in [0.05, 0.1) is 0 Å². The molecule has 2 aliphatic heterocycles. The number of carbonyl (C=O) groups is 5. The van der Waals surface area contributed by atoms with E-state index in [1.54, 1.807) is 18.2 Å². The second-order valence-corrected chi connectivity index (χ2v) is 8.04. The van der Waals surface area contributed by atoms with Crippen LogP contribution in [-0.4, -0.2) is 58.4 Å². The Bertz CT molecular complexity index is 982. The molecule has 2 heterocycles. The van der Waals surface area contributed by atoms with Crippen molar-refractivity contribution in [1.29, 1.82) is 0 Å². The summed E-state index contributed by atoms with van der Waals surface area (Å²) in [6.45, 7) is 0.910. The number of nitrogens with one attached hydrogen (secondary N) is 2. The molecule has 0 aromatic heterocycles. The maximum Gasteiger partial charge on any atom is 0.490 e. The number of hydrogen-bond acceptors (Lipinski definition) is 6. The summed E-state index contributed by atoms with van der Waals surface area (Å²) in [5.41, 5.74) is 7.28. The number of anilines is 1. The highest BCUT2D eigenvalue weighted by atomic mass is 19.4. The Hall–Kier alpha value is -3.48. The number of piperidine rings is 1. The first-order valence-corrected chi connectivity index (χ1v) is 11.0.